The van der Waals surface area contributed by atoms with E-state index >= 15 is 0 Å². The van der Waals surface area contributed by atoms with Gasteiger partial charge in [0.2, 0.25) is 0 Å². The standard InChI is InChI=1S/C19H20ClN3O/c20-18-4-2-1-3-15(18)9-22-10-16-12-23(13-17(16)11-22)19(24)14-5-7-21-8-6-14/h1-8,16-17H,9-13H2/t16-,17-/m0/s1. The van der Waals surface area contributed by atoms with Crippen molar-refractivity contribution >= 4 is 17.5 Å². The van der Waals surface area contributed by atoms with Gasteiger partial charge in [-0.2, -0.15) is 0 Å². The number of carbonyl (C=O) groups excluding carboxylic acids is 1. The van der Waals surface area contributed by atoms with Crippen LogP contribution >= 0.6 is 11.6 Å². The summed E-state index contributed by atoms with van der Waals surface area (Å²) < 4.78 is 0. The van der Waals surface area contributed by atoms with Gasteiger partial charge >= 0.3 is 0 Å². The van der Waals surface area contributed by atoms with Crippen molar-refractivity contribution in [1.82, 2.24) is 14.8 Å². The smallest absolute Gasteiger partial charge is 0.253 e. The van der Waals surface area contributed by atoms with Crippen LogP contribution in [0.4, 0.5) is 0 Å². The SMILES string of the molecule is O=C(c1ccncc1)N1C[C@@H]2CN(Cc3ccccc3Cl)C[C@H]2C1. The summed E-state index contributed by atoms with van der Waals surface area (Å²) in [5.74, 6) is 1.26. The van der Waals surface area contributed by atoms with Crippen molar-refractivity contribution in [2.45, 2.75) is 6.54 Å². The molecule has 2 aliphatic rings. The Balaban J connectivity index is 1.37. The van der Waals surface area contributed by atoms with E-state index in [1.165, 1.54) is 5.56 Å². The molecular formula is C19H20ClN3O. The molecule has 0 bridgehead atoms. The summed E-state index contributed by atoms with van der Waals surface area (Å²) in [6.45, 7) is 4.67. The van der Waals surface area contributed by atoms with Crippen molar-refractivity contribution in [3.05, 3.63) is 64.9 Å². The second-order valence-electron chi connectivity index (χ2n) is 6.75. The molecule has 0 unspecified atom stereocenters. The summed E-state index contributed by atoms with van der Waals surface area (Å²) in [7, 11) is 0. The molecule has 2 saturated heterocycles. The first kappa shape index (κ1) is 15.6. The van der Waals surface area contributed by atoms with E-state index in [-0.39, 0.29) is 5.91 Å². The topological polar surface area (TPSA) is 36.4 Å². The number of likely N-dealkylation sites (tertiary alicyclic amines) is 2. The normalized spacial score (nSPS) is 23.5. The first-order valence-electron chi connectivity index (χ1n) is 8.36. The number of pyridine rings is 1. The van der Waals surface area contributed by atoms with Gasteiger partial charge in [0.15, 0.2) is 0 Å². The third-order valence-corrected chi connectivity index (χ3v) is 5.50. The van der Waals surface area contributed by atoms with Gasteiger partial charge in [-0.25, -0.2) is 0 Å². The van der Waals surface area contributed by atoms with Crippen LogP contribution in [-0.2, 0) is 6.54 Å². The van der Waals surface area contributed by atoms with E-state index in [0.29, 0.717) is 11.8 Å². The van der Waals surface area contributed by atoms with Crippen molar-refractivity contribution in [2.75, 3.05) is 26.2 Å². The molecule has 1 aromatic carbocycles. The maximum atomic E-state index is 12.6. The molecule has 4 rings (SSSR count). The fraction of sp³-hybridized carbons (Fsp3) is 0.368. The third-order valence-electron chi connectivity index (χ3n) is 5.13. The van der Waals surface area contributed by atoms with Crippen molar-refractivity contribution in [2.24, 2.45) is 11.8 Å². The van der Waals surface area contributed by atoms with E-state index in [0.717, 1.165) is 43.3 Å². The van der Waals surface area contributed by atoms with Gasteiger partial charge in [-0.3, -0.25) is 14.7 Å². The fourth-order valence-electron chi connectivity index (χ4n) is 3.93. The van der Waals surface area contributed by atoms with Crippen molar-refractivity contribution < 1.29 is 4.79 Å². The minimum atomic E-state index is 0.129. The van der Waals surface area contributed by atoms with E-state index in [4.69, 9.17) is 11.6 Å². The molecule has 5 heteroatoms. The van der Waals surface area contributed by atoms with Gasteiger partial charge in [0.25, 0.3) is 5.91 Å². The molecule has 0 N–H and O–H groups in total. The van der Waals surface area contributed by atoms with Crippen molar-refractivity contribution in [1.29, 1.82) is 0 Å². The van der Waals surface area contributed by atoms with Crippen LogP contribution in [0, 0.1) is 11.8 Å². The molecule has 3 heterocycles. The Morgan fingerprint density at radius 2 is 1.71 bits per heavy atom. The Labute approximate surface area is 147 Å². The van der Waals surface area contributed by atoms with E-state index in [1.54, 1.807) is 24.5 Å². The maximum absolute atomic E-state index is 12.6. The van der Waals surface area contributed by atoms with Crippen LogP contribution in [0.15, 0.2) is 48.8 Å². The quantitative estimate of drug-likeness (QED) is 0.861. The number of rotatable bonds is 3. The number of hydrogen-bond donors (Lipinski definition) is 0. The van der Waals surface area contributed by atoms with E-state index in [9.17, 15) is 4.79 Å². The molecule has 4 nitrogen and oxygen atoms in total. The predicted octanol–water partition coefficient (Wildman–Crippen LogP) is 2.94. The van der Waals surface area contributed by atoms with E-state index < -0.39 is 0 Å². The Morgan fingerprint density at radius 1 is 1.04 bits per heavy atom. The van der Waals surface area contributed by atoms with E-state index in [1.807, 2.05) is 23.1 Å². The molecule has 124 valence electrons. The average molecular weight is 342 g/mol. The number of hydrogen-bond acceptors (Lipinski definition) is 3. The highest BCUT2D eigenvalue weighted by atomic mass is 35.5. The molecular weight excluding hydrogens is 322 g/mol. The van der Waals surface area contributed by atoms with Crippen molar-refractivity contribution in [3.8, 4) is 0 Å². The molecule has 2 aliphatic heterocycles. The number of carbonyl (C=O) groups is 1. The summed E-state index contributed by atoms with van der Waals surface area (Å²) in [4.78, 5) is 21.0. The minimum absolute atomic E-state index is 0.129. The van der Waals surface area contributed by atoms with Gasteiger partial charge in [-0.15, -0.1) is 0 Å². The van der Waals surface area contributed by atoms with Gasteiger partial charge in [-0.1, -0.05) is 29.8 Å². The summed E-state index contributed by atoms with van der Waals surface area (Å²) in [5.41, 5.74) is 1.92. The Bertz CT molecular complexity index is 722. The van der Waals surface area contributed by atoms with E-state index in [2.05, 4.69) is 16.0 Å². The molecule has 0 saturated carbocycles. The molecule has 1 amide bonds. The summed E-state index contributed by atoms with van der Waals surface area (Å²) >= 11 is 6.27. The summed E-state index contributed by atoms with van der Waals surface area (Å²) in [6.07, 6.45) is 3.35. The number of fused-ring (bicyclic) bond motifs is 1. The number of aromatic nitrogens is 1. The zero-order chi connectivity index (χ0) is 16.5. The zero-order valence-corrected chi connectivity index (χ0v) is 14.2. The number of amides is 1. The lowest BCUT2D eigenvalue weighted by Gasteiger charge is -2.22. The van der Waals surface area contributed by atoms with Gasteiger partial charge in [0.1, 0.15) is 0 Å². The number of nitrogens with zero attached hydrogens (tertiary/aromatic N) is 3. The lowest BCUT2D eigenvalue weighted by molar-refractivity contribution is 0.0773. The molecule has 2 fully saturated rings. The minimum Gasteiger partial charge on any atom is -0.338 e. The zero-order valence-electron chi connectivity index (χ0n) is 13.4. The molecule has 0 aliphatic carbocycles. The molecule has 24 heavy (non-hydrogen) atoms. The third kappa shape index (κ3) is 3.04. The Morgan fingerprint density at radius 3 is 2.38 bits per heavy atom. The molecule has 0 radical (unpaired) electrons. The molecule has 2 aromatic rings. The molecule has 0 spiro atoms. The Hall–Kier alpha value is -1.91. The highest BCUT2D eigenvalue weighted by molar-refractivity contribution is 6.31. The van der Waals surface area contributed by atoms with Crippen LogP contribution in [0.3, 0.4) is 0 Å². The molecule has 1 aromatic heterocycles. The van der Waals surface area contributed by atoms with Crippen LogP contribution < -0.4 is 0 Å². The monoisotopic (exact) mass is 341 g/mol. The van der Waals surface area contributed by atoms with Crippen LogP contribution in [0.5, 0.6) is 0 Å². The summed E-state index contributed by atoms with van der Waals surface area (Å²) in [6, 6.07) is 11.6. The maximum Gasteiger partial charge on any atom is 0.253 e. The lowest BCUT2D eigenvalue weighted by Crippen LogP contribution is -2.33. The predicted molar refractivity (Wildman–Crippen MR) is 93.8 cm³/mol. The van der Waals surface area contributed by atoms with Gasteiger partial charge < -0.3 is 4.90 Å². The van der Waals surface area contributed by atoms with Gasteiger partial charge in [0.05, 0.1) is 0 Å². The summed E-state index contributed by atoms with van der Waals surface area (Å²) in [5, 5.41) is 0.837. The second-order valence-corrected chi connectivity index (χ2v) is 7.16. The largest absolute Gasteiger partial charge is 0.338 e. The first-order valence-corrected chi connectivity index (χ1v) is 8.73. The lowest BCUT2D eigenvalue weighted by atomic mass is 10.0. The highest BCUT2D eigenvalue weighted by Gasteiger charge is 2.41. The van der Waals surface area contributed by atoms with Crippen LogP contribution in [0.25, 0.3) is 0 Å². The second kappa shape index (κ2) is 6.54. The average Bonchev–Trinajstić information content (AvgIpc) is 3.15. The number of halogens is 1. The Kier molecular flexibility index (Phi) is 4.25. The van der Waals surface area contributed by atoms with Crippen molar-refractivity contribution in [3.63, 3.8) is 0 Å². The van der Waals surface area contributed by atoms with Crippen LogP contribution in [-0.4, -0.2) is 46.9 Å². The fourth-order valence-corrected chi connectivity index (χ4v) is 4.13. The molecule has 2 atom stereocenters. The van der Waals surface area contributed by atoms with Crippen LogP contribution in [0.2, 0.25) is 5.02 Å². The highest BCUT2D eigenvalue weighted by Crippen LogP contribution is 2.33. The van der Waals surface area contributed by atoms with Crippen LogP contribution in [0.1, 0.15) is 15.9 Å². The number of benzene rings is 1. The van der Waals surface area contributed by atoms with Gasteiger partial charge in [0, 0.05) is 55.7 Å². The van der Waals surface area contributed by atoms with Gasteiger partial charge in [-0.05, 0) is 35.6 Å². The first-order chi connectivity index (χ1) is 11.7.